The molecule has 1 aromatic heterocycles. The molecule has 7 heteroatoms. The maximum Gasteiger partial charge on any atom is 0.274 e. The highest BCUT2D eigenvalue weighted by Gasteiger charge is 2.15. The van der Waals surface area contributed by atoms with Crippen molar-refractivity contribution in [2.45, 2.75) is 13.0 Å². The number of ether oxygens (including phenoxy) is 2. The fourth-order valence-corrected chi connectivity index (χ4v) is 2.99. The van der Waals surface area contributed by atoms with E-state index in [9.17, 15) is 4.79 Å². The molecule has 0 saturated heterocycles. The summed E-state index contributed by atoms with van der Waals surface area (Å²) in [5, 5.41) is 8.82. The van der Waals surface area contributed by atoms with E-state index in [1.165, 1.54) is 0 Å². The summed E-state index contributed by atoms with van der Waals surface area (Å²) in [6.07, 6.45) is 0.536. The van der Waals surface area contributed by atoms with Crippen molar-refractivity contribution in [3.05, 3.63) is 59.4 Å². The van der Waals surface area contributed by atoms with Crippen LogP contribution < -0.4 is 10.2 Å². The van der Waals surface area contributed by atoms with Crippen molar-refractivity contribution in [2.24, 2.45) is 0 Å². The Bertz CT molecular complexity index is 920. The second kappa shape index (κ2) is 7.99. The van der Waals surface area contributed by atoms with Crippen molar-refractivity contribution in [3.63, 3.8) is 0 Å². The fourth-order valence-electron chi connectivity index (χ4n) is 2.99. The third-order valence-corrected chi connectivity index (χ3v) is 4.20. The Morgan fingerprint density at radius 1 is 1.23 bits per heavy atom. The number of aromatic nitrogens is 2. The van der Waals surface area contributed by atoms with Crippen molar-refractivity contribution in [1.29, 1.82) is 0 Å². The molecule has 3 aromatic rings. The van der Waals surface area contributed by atoms with Gasteiger partial charge in [0.2, 0.25) is 0 Å². The van der Waals surface area contributed by atoms with Crippen LogP contribution in [0.15, 0.2) is 42.5 Å². The van der Waals surface area contributed by atoms with Gasteiger partial charge < -0.3 is 14.0 Å². The minimum absolute atomic E-state index is 0.391. The topological polar surface area (TPSA) is 85.6 Å². The van der Waals surface area contributed by atoms with Gasteiger partial charge in [-0.1, -0.05) is 18.2 Å². The van der Waals surface area contributed by atoms with E-state index in [1.54, 1.807) is 37.9 Å². The van der Waals surface area contributed by atoms with Gasteiger partial charge in [0, 0.05) is 25.6 Å². The molecule has 1 heterocycles. The molecule has 0 atom stereocenters. The van der Waals surface area contributed by atoms with Crippen LogP contribution in [0.1, 0.15) is 21.7 Å². The number of fused-ring (bicyclic) bond motifs is 1. The van der Waals surface area contributed by atoms with Gasteiger partial charge in [0.05, 0.1) is 19.2 Å². The maximum absolute atomic E-state index is 11.6. The van der Waals surface area contributed by atoms with Crippen molar-refractivity contribution in [1.82, 2.24) is 15.0 Å². The Labute approximate surface area is 151 Å². The number of rotatable bonds is 7. The third-order valence-electron chi connectivity index (χ3n) is 4.20. The van der Waals surface area contributed by atoms with Crippen molar-refractivity contribution in [2.75, 3.05) is 20.8 Å². The average Bonchev–Trinajstić information content (AvgIpc) is 3.02. The van der Waals surface area contributed by atoms with E-state index in [0.717, 1.165) is 28.2 Å². The van der Waals surface area contributed by atoms with Gasteiger partial charge in [-0.15, -0.1) is 0 Å². The summed E-state index contributed by atoms with van der Waals surface area (Å²) in [5.74, 6) is 1.07. The first-order chi connectivity index (χ1) is 12.7. The van der Waals surface area contributed by atoms with Gasteiger partial charge in [0.1, 0.15) is 17.1 Å². The number of hydrogen-bond donors (Lipinski definition) is 2. The number of para-hydroxylation sites is 1. The smallest absolute Gasteiger partial charge is 0.274 e. The lowest BCUT2D eigenvalue weighted by molar-refractivity contribution is 0.0706. The summed E-state index contributed by atoms with van der Waals surface area (Å²) < 4.78 is 12.8. The largest absolute Gasteiger partial charge is 0.494 e. The fraction of sp³-hybridized carbons (Fsp3) is 0.263. The molecule has 0 aliphatic carbocycles. The lowest BCUT2D eigenvalue weighted by atomic mass is 10.1. The molecular weight excluding hydrogens is 334 g/mol. The van der Waals surface area contributed by atoms with Gasteiger partial charge in [-0.25, -0.2) is 10.5 Å². The normalized spacial score (nSPS) is 10.9. The second-order valence-electron chi connectivity index (χ2n) is 5.82. The van der Waals surface area contributed by atoms with Crippen LogP contribution in [-0.2, 0) is 17.7 Å². The molecule has 0 aliphatic rings. The van der Waals surface area contributed by atoms with Gasteiger partial charge >= 0.3 is 0 Å². The van der Waals surface area contributed by atoms with Crippen LogP contribution in [-0.4, -0.2) is 41.5 Å². The average molecular weight is 355 g/mol. The molecule has 0 saturated carbocycles. The van der Waals surface area contributed by atoms with Crippen LogP contribution in [0.4, 0.5) is 0 Å². The molecule has 0 bridgehead atoms. The predicted octanol–water partition coefficient (Wildman–Crippen LogP) is 2.40. The standard InChI is InChI=1S/C19H21N3O4/c1-25-10-9-22-17(20-15-7-4-8-16(26-2)18(15)22)12-13-5-3-6-14(11-13)19(23)21-24/h3-8,11,24H,9-10,12H2,1-2H3,(H,21,23). The zero-order valence-electron chi connectivity index (χ0n) is 14.7. The molecule has 2 N–H and O–H groups in total. The predicted molar refractivity (Wildman–Crippen MR) is 96.7 cm³/mol. The molecular formula is C19H21N3O4. The van der Waals surface area contributed by atoms with Crippen molar-refractivity contribution < 1.29 is 19.5 Å². The van der Waals surface area contributed by atoms with Crippen molar-refractivity contribution >= 4 is 16.9 Å². The van der Waals surface area contributed by atoms with Crippen LogP contribution in [0.2, 0.25) is 0 Å². The summed E-state index contributed by atoms with van der Waals surface area (Å²) in [6.45, 7) is 1.18. The van der Waals surface area contributed by atoms with Gasteiger partial charge in [-0.3, -0.25) is 10.0 Å². The molecule has 2 aromatic carbocycles. The van der Waals surface area contributed by atoms with E-state index in [4.69, 9.17) is 19.7 Å². The highest BCUT2D eigenvalue weighted by atomic mass is 16.5. The Kier molecular flexibility index (Phi) is 5.50. The number of amides is 1. The molecule has 0 fully saturated rings. The Morgan fingerprint density at radius 3 is 2.77 bits per heavy atom. The minimum Gasteiger partial charge on any atom is -0.494 e. The van der Waals surface area contributed by atoms with Crippen LogP contribution in [0, 0.1) is 0 Å². The Hall–Kier alpha value is -2.90. The van der Waals surface area contributed by atoms with Crippen LogP contribution in [0.3, 0.4) is 0 Å². The molecule has 1 amide bonds. The van der Waals surface area contributed by atoms with E-state index < -0.39 is 5.91 Å². The molecule has 0 spiro atoms. The maximum atomic E-state index is 11.6. The number of carbonyl (C=O) groups excluding carboxylic acids is 1. The zero-order chi connectivity index (χ0) is 18.5. The minimum atomic E-state index is -0.540. The molecule has 26 heavy (non-hydrogen) atoms. The van der Waals surface area contributed by atoms with E-state index in [1.807, 2.05) is 24.3 Å². The van der Waals surface area contributed by atoms with E-state index >= 15 is 0 Å². The Morgan fingerprint density at radius 2 is 2.04 bits per heavy atom. The van der Waals surface area contributed by atoms with Crippen LogP contribution in [0.25, 0.3) is 11.0 Å². The van der Waals surface area contributed by atoms with Crippen LogP contribution in [0.5, 0.6) is 5.75 Å². The highest BCUT2D eigenvalue weighted by molar-refractivity contribution is 5.93. The molecule has 136 valence electrons. The SMILES string of the molecule is COCCn1c(Cc2cccc(C(=O)NO)c2)nc2cccc(OC)c21. The lowest BCUT2D eigenvalue weighted by Gasteiger charge is -2.11. The number of nitrogens with zero attached hydrogens (tertiary/aromatic N) is 2. The molecule has 3 rings (SSSR count). The highest BCUT2D eigenvalue weighted by Crippen LogP contribution is 2.27. The van der Waals surface area contributed by atoms with E-state index in [2.05, 4.69) is 4.57 Å². The lowest BCUT2D eigenvalue weighted by Crippen LogP contribution is -2.18. The summed E-state index contributed by atoms with van der Waals surface area (Å²) in [6, 6.07) is 12.8. The van der Waals surface area contributed by atoms with E-state index in [0.29, 0.717) is 25.1 Å². The monoisotopic (exact) mass is 355 g/mol. The summed E-state index contributed by atoms with van der Waals surface area (Å²) in [5.41, 5.74) is 4.73. The third kappa shape index (κ3) is 3.54. The first-order valence-electron chi connectivity index (χ1n) is 8.22. The summed E-state index contributed by atoms with van der Waals surface area (Å²) >= 11 is 0. The van der Waals surface area contributed by atoms with Gasteiger partial charge in [-0.2, -0.15) is 0 Å². The van der Waals surface area contributed by atoms with Gasteiger partial charge in [-0.05, 0) is 29.8 Å². The second-order valence-corrected chi connectivity index (χ2v) is 5.82. The number of hydrogen-bond acceptors (Lipinski definition) is 5. The number of hydroxylamine groups is 1. The number of carbonyl (C=O) groups is 1. The zero-order valence-corrected chi connectivity index (χ0v) is 14.7. The Balaban J connectivity index is 2.03. The first-order valence-corrected chi connectivity index (χ1v) is 8.22. The van der Waals surface area contributed by atoms with Gasteiger partial charge in [0.25, 0.3) is 5.91 Å². The summed E-state index contributed by atoms with van der Waals surface area (Å²) in [4.78, 5) is 16.4. The number of methoxy groups -OCH3 is 2. The van der Waals surface area contributed by atoms with Crippen LogP contribution >= 0.6 is 0 Å². The number of imidazole rings is 1. The molecule has 0 aliphatic heterocycles. The number of benzene rings is 2. The van der Waals surface area contributed by atoms with Gasteiger partial charge in [0.15, 0.2) is 0 Å². The van der Waals surface area contributed by atoms with Crippen molar-refractivity contribution in [3.8, 4) is 5.75 Å². The molecule has 0 radical (unpaired) electrons. The molecule has 7 nitrogen and oxygen atoms in total. The first kappa shape index (κ1) is 17.9. The summed E-state index contributed by atoms with van der Waals surface area (Å²) in [7, 11) is 3.30. The number of nitrogens with one attached hydrogen (secondary N) is 1. The van der Waals surface area contributed by atoms with E-state index in [-0.39, 0.29) is 0 Å². The molecule has 0 unspecified atom stereocenters. The quantitative estimate of drug-likeness (QED) is 0.502.